The Morgan fingerprint density at radius 2 is 1.23 bits per heavy atom. The van der Waals surface area contributed by atoms with Crippen LogP contribution in [0.2, 0.25) is 0 Å². The van der Waals surface area contributed by atoms with Crippen LogP contribution in [0, 0.1) is 0 Å². The Balaban J connectivity index is 0.000000279. The van der Waals surface area contributed by atoms with E-state index < -0.39 is 0 Å². The van der Waals surface area contributed by atoms with Crippen LogP contribution >= 0.6 is 0 Å². The first-order valence-corrected chi connectivity index (χ1v) is 16.1. The van der Waals surface area contributed by atoms with Gasteiger partial charge in [0.1, 0.15) is 0 Å². The fraction of sp³-hybridized carbons (Fsp3) is 0.282. The summed E-state index contributed by atoms with van der Waals surface area (Å²) in [6.07, 6.45) is 14.0. The number of benzene rings is 4. The van der Waals surface area contributed by atoms with E-state index in [-0.39, 0.29) is 5.41 Å². The first-order chi connectivity index (χ1) is 21.2. The van der Waals surface area contributed by atoms with Gasteiger partial charge in [-0.05, 0) is 25.7 Å². The molecule has 2 saturated heterocycles. The Bertz CT molecular complexity index is 1570. The van der Waals surface area contributed by atoms with Crippen molar-refractivity contribution in [1.29, 1.82) is 0 Å². The third kappa shape index (κ3) is 6.34. The Labute approximate surface area is 276 Å². The quantitative estimate of drug-likeness (QED) is 0.183. The fourth-order valence-electron chi connectivity index (χ4n) is 7.09. The van der Waals surface area contributed by atoms with E-state index >= 15 is 0 Å². The Hall–Kier alpha value is -2.53. The fourth-order valence-corrected chi connectivity index (χ4v) is 7.09. The maximum absolute atomic E-state index is 4.94. The molecule has 4 heteroatoms. The Kier molecular flexibility index (Phi) is 10.3. The van der Waals surface area contributed by atoms with Crippen LogP contribution in [0.1, 0.15) is 59.9 Å². The molecule has 1 atom stereocenters. The molecule has 0 radical (unpaired) electrons. The monoisotopic (exact) mass is 552 g/mol. The number of allylic oxidation sites excluding steroid dienone is 4. The molecular weight excluding hydrogens is 514 g/mol. The molecule has 4 aliphatic rings. The molecule has 8 rings (SSSR count). The first-order valence-electron chi connectivity index (χ1n) is 16.1. The molecule has 2 aliphatic carbocycles. The zero-order valence-electron chi connectivity index (χ0n) is 25.8. The zero-order valence-corrected chi connectivity index (χ0v) is 25.8. The molecule has 2 heterocycles. The van der Waals surface area contributed by atoms with Crippen LogP contribution in [0.3, 0.4) is 0 Å². The van der Waals surface area contributed by atoms with Crippen LogP contribution in [0.15, 0.2) is 115 Å². The Morgan fingerprint density at radius 3 is 1.88 bits per heavy atom. The van der Waals surface area contributed by atoms with Crippen molar-refractivity contribution in [2.45, 2.75) is 43.9 Å². The van der Waals surface area contributed by atoms with Crippen molar-refractivity contribution in [2.24, 2.45) is 0 Å². The summed E-state index contributed by atoms with van der Waals surface area (Å²) in [6, 6.07) is 33.9. The van der Waals surface area contributed by atoms with Gasteiger partial charge in [0.15, 0.2) is 0 Å². The second-order valence-electron chi connectivity index (χ2n) is 12.0. The minimum absolute atomic E-state index is 0.325. The van der Waals surface area contributed by atoms with E-state index in [1.54, 1.807) is 0 Å². The summed E-state index contributed by atoms with van der Waals surface area (Å²) in [5, 5.41) is 0. The SMILES string of the molecule is C1CCOC1.C1CCOC1.[Li][c]1cccc(C(C2=CC=CC2)(c2ccccc2)c2cccc3c2Cc2ccccc2-3)[c]1[Li]. The van der Waals surface area contributed by atoms with Gasteiger partial charge in [-0.3, -0.25) is 0 Å². The van der Waals surface area contributed by atoms with Crippen LogP contribution in [-0.4, -0.2) is 61.9 Å². The van der Waals surface area contributed by atoms with Gasteiger partial charge in [0.2, 0.25) is 0 Å². The molecule has 43 heavy (non-hydrogen) atoms. The predicted molar refractivity (Wildman–Crippen MR) is 180 cm³/mol. The topological polar surface area (TPSA) is 18.5 Å². The number of ether oxygens (including phenoxy) is 2. The summed E-state index contributed by atoms with van der Waals surface area (Å²) >= 11 is 4.53. The molecule has 208 valence electrons. The molecular formula is C39H38Li2O2. The van der Waals surface area contributed by atoms with Gasteiger partial charge in [0, 0.05) is 26.4 Å². The molecule has 4 aromatic rings. The van der Waals surface area contributed by atoms with Crippen LogP contribution in [0.4, 0.5) is 0 Å². The van der Waals surface area contributed by atoms with Gasteiger partial charge < -0.3 is 9.47 Å². The average molecular weight is 553 g/mol. The van der Waals surface area contributed by atoms with Gasteiger partial charge in [-0.2, -0.15) is 0 Å². The van der Waals surface area contributed by atoms with Crippen molar-refractivity contribution in [3.8, 4) is 11.1 Å². The van der Waals surface area contributed by atoms with E-state index in [1.807, 2.05) is 0 Å². The van der Waals surface area contributed by atoms with Crippen LogP contribution in [0.5, 0.6) is 0 Å². The molecule has 2 aliphatic heterocycles. The zero-order chi connectivity index (χ0) is 29.5. The summed E-state index contributed by atoms with van der Waals surface area (Å²) in [7, 11) is 0. The van der Waals surface area contributed by atoms with E-state index in [2.05, 4.69) is 145 Å². The van der Waals surface area contributed by atoms with Gasteiger partial charge in [0.25, 0.3) is 0 Å². The van der Waals surface area contributed by atoms with E-state index in [0.29, 0.717) is 0 Å². The third-order valence-electron chi connectivity index (χ3n) is 9.38. The van der Waals surface area contributed by atoms with Gasteiger partial charge in [-0.25, -0.2) is 0 Å². The molecule has 0 bridgehead atoms. The van der Waals surface area contributed by atoms with Crippen molar-refractivity contribution >= 4 is 43.9 Å². The van der Waals surface area contributed by atoms with E-state index in [4.69, 9.17) is 9.47 Å². The predicted octanol–water partition coefficient (Wildman–Crippen LogP) is 6.66. The van der Waals surface area contributed by atoms with Crippen molar-refractivity contribution in [3.05, 3.63) is 143 Å². The standard InChI is InChI=1S/C31H22.2C4H8O.2Li/c1-3-13-24(14-4-1)31(26-17-8-9-18-26,25-15-5-2-6-16-25)30-21-11-20-28-27-19-10-7-12-23(27)22-29(28)30;2*1-2-4-5-3-1;;/h1-5,7-15,17,19-21H,18,22H2;2*1-4H2;;. The van der Waals surface area contributed by atoms with Gasteiger partial charge in [-0.15, -0.1) is 0 Å². The van der Waals surface area contributed by atoms with E-state index in [9.17, 15) is 0 Å². The summed E-state index contributed by atoms with van der Waals surface area (Å²) < 4.78 is 12.6. The second-order valence-corrected chi connectivity index (χ2v) is 12.0. The number of rotatable bonds is 4. The molecule has 2 fully saturated rings. The van der Waals surface area contributed by atoms with Crippen LogP contribution in [-0.2, 0) is 21.3 Å². The number of fused-ring (bicyclic) bond motifs is 3. The molecule has 4 aromatic carbocycles. The summed E-state index contributed by atoms with van der Waals surface area (Å²) in [5.41, 5.74) is 11.0. The molecule has 2 nitrogen and oxygen atoms in total. The van der Waals surface area contributed by atoms with Crippen molar-refractivity contribution in [2.75, 3.05) is 26.4 Å². The molecule has 1 unspecified atom stereocenters. The van der Waals surface area contributed by atoms with Crippen LogP contribution in [0.25, 0.3) is 11.1 Å². The van der Waals surface area contributed by atoms with Crippen molar-refractivity contribution in [1.82, 2.24) is 0 Å². The number of hydrogen-bond donors (Lipinski definition) is 0. The summed E-state index contributed by atoms with van der Waals surface area (Å²) in [6.45, 7) is 4.00. The Morgan fingerprint density at radius 1 is 0.605 bits per heavy atom. The second kappa shape index (κ2) is 14.5. The van der Waals surface area contributed by atoms with Gasteiger partial charge >= 0.3 is 216 Å². The van der Waals surface area contributed by atoms with E-state index in [0.717, 1.165) is 39.3 Å². The van der Waals surface area contributed by atoms with Gasteiger partial charge in [0.05, 0.1) is 0 Å². The molecule has 0 amide bonds. The third-order valence-corrected chi connectivity index (χ3v) is 9.38. The van der Waals surface area contributed by atoms with Gasteiger partial charge in [-0.1, -0.05) is 0 Å². The normalized spacial score (nSPS) is 17.6. The molecule has 0 saturated carbocycles. The number of hydrogen-bond acceptors (Lipinski definition) is 2. The molecule has 0 N–H and O–H groups in total. The molecule has 0 aromatic heterocycles. The summed E-state index contributed by atoms with van der Waals surface area (Å²) in [5.74, 6) is 0. The first kappa shape index (κ1) is 30.5. The maximum atomic E-state index is 4.94. The van der Waals surface area contributed by atoms with Crippen molar-refractivity contribution in [3.63, 3.8) is 0 Å². The average Bonchev–Trinajstić information content (AvgIpc) is 3.90. The van der Waals surface area contributed by atoms with Crippen molar-refractivity contribution < 1.29 is 9.47 Å². The minimum atomic E-state index is -0.325. The van der Waals surface area contributed by atoms with Crippen LogP contribution < -0.4 is 8.47 Å². The summed E-state index contributed by atoms with van der Waals surface area (Å²) in [4.78, 5) is 0. The molecule has 0 spiro atoms. The van der Waals surface area contributed by atoms with E-state index in [1.165, 1.54) is 78.7 Å².